The van der Waals surface area contributed by atoms with Crippen molar-refractivity contribution in [1.82, 2.24) is 5.43 Å². The third-order valence-corrected chi connectivity index (χ3v) is 5.03. The number of nitrogens with zero attached hydrogens (tertiary/aromatic N) is 2. The highest BCUT2D eigenvalue weighted by Crippen LogP contribution is 2.28. The van der Waals surface area contributed by atoms with Crippen LogP contribution >= 0.6 is 11.6 Å². The molecule has 0 spiro atoms. The molecule has 0 fully saturated rings. The first-order valence-corrected chi connectivity index (χ1v) is 10.5. The van der Waals surface area contributed by atoms with Crippen molar-refractivity contribution >= 4 is 35.4 Å². The molecule has 10 nitrogen and oxygen atoms in total. The SMILES string of the molecule is COc1cc(/C=N/NC(=O)COc2ccc(Cl)c(C)c2)ccc1OC(=O)c1ccc([N+](=O)[O-])cc1. The van der Waals surface area contributed by atoms with Crippen LogP contribution in [0.4, 0.5) is 5.69 Å². The quantitative estimate of drug-likeness (QED) is 0.153. The number of hydrazone groups is 1. The number of ether oxygens (including phenoxy) is 3. The molecule has 0 bridgehead atoms. The summed E-state index contributed by atoms with van der Waals surface area (Å²) in [7, 11) is 1.40. The van der Waals surface area contributed by atoms with E-state index in [0.29, 0.717) is 16.3 Å². The number of nitro groups is 1. The number of rotatable bonds is 9. The summed E-state index contributed by atoms with van der Waals surface area (Å²) in [5.74, 6) is -0.271. The Kier molecular flexibility index (Phi) is 8.36. The van der Waals surface area contributed by atoms with Crippen LogP contribution in [0.15, 0.2) is 65.8 Å². The zero-order valence-electron chi connectivity index (χ0n) is 18.7. The van der Waals surface area contributed by atoms with E-state index in [2.05, 4.69) is 10.5 Å². The first kappa shape index (κ1) is 25.2. The fourth-order valence-corrected chi connectivity index (χ4v) is 2.91. The number of halogens is 1. The average molecular weight is 498 g/mol. The number of nitro benzene ring substituents is 1. The van der Waals surface area contributed by atoms with E-state index in [0.717, 1.165) is 5.56 Å². The molecule has 1 N–H and O–H groups in total. The molecule has 0 saturated carbocycles. The summed E-state index contributed by atoms with van der Waals surface area (Å²) in [6.45, 7) is 1.59. The van der Waals surface area contributed by atoms with Crippen molar-refractivity contribution in [3.63, 3.8) is 0 Å². The van der Waals surface area contributed by atoms with E-state index in [-0.39, 0.29) is 29.4 Å². The third kappa shape index (κ3) is 7.02. The predicted molar refractivity (Wildman–Crippen MR) is 128 cm³/mol. The molecule has 0 aliphatic rings. The Morgan fingerprint density at radius 1 is 1.09 bits per heavy atom. The number of benzene rings is 3. The van der Waals surface area contributed by atoms with Crippen LogP contribution < -0.4 is 19.6 Å². The van der Waals surface area contributed by atoms with Gasteiger partial charge >= 0.3 is 5.97 Å². The molecule has 35 heavy (non-hydrogen) atoms. The normalized spacial score (nSPS) is 10.6. The molecular formula is C24H20ClN3O7. The van der Waals surface area contributed by atoms with Crippen LogP contribution in [0.5, 0.6) is 17.2 Å². The molecule has 0 aromatic heterocycles. The van der Waals surface area contributed by atoms with Crippen molar-refractivity contribution in [3.05, 3.63) is 92.5 Å². The predicted octanol–water partition coefficient (Wildman–Crippen LogP) is 4.31. The smallest absolute Gasteiger partial charge is 0.343 e. The molecule has 3 aromatic carbocycles. The van der Waals surface area contributed by atoms with Gasteiger partial charge in [-0.15, -0.1) is 0 Å². The van der Waals surface area contributed by atoms with Gasteiger partial charge in [0, 0.05) is 17.2 Å². The Balaban J connectivity index is 1.56. The van der Waals surface area contributed by atoms with Crippen LogP contribution in [0.3, 0.4) is 0 Å². The van der Waals surface area contributed by atoms with E-state index < -0.39 is 16.8 Å². The van der Waals surface area contributed by atoms with E-state index >= 15 is 0 Å². The molecule has 0 heterocycles. The Labute approximate surface area is 205 Å². The number of nitrogens with one attached hydrogen (secondary N) is 1. The van der Waals surface area contributed by atoms with Crippen LogP contribution in [-0.4, -0.2) is 36.7 Å². The minimum absolute atomic E-state index is 0.137. The summed E-state index contributed by atoms with van der Waals surface area (Å²) in [5.41, 5.74) is 3.75. The minimum Gasteiger partial charge on any atom is -0.493 e. The van der Waals surface area contributed by atoms with Gasteiger partial charge in [-0.3, -0.25) is 14.9 Å². The van der Waals surface area contributed by atoms with E-state index in [4.69, 9.17) is 25.8 Å². The molecule has 0 saturated heterocycles. The van der Waals surface area contributed by atoms with Gasteiger partial charge in [0.1, 0.15) is 5.75 Å². The first-order valence-electron chi connectivity index (χ1n) is 10.1. The Morgan fingerprint density at radius 2 is 1.83 bits per heavy atom. The van der Waals surface area contributed by atoms with Crippen LogP contribution in [0.2, 0.25) is 5.02 Å². The van der Waals surface area contributed by atoms with Crippen LogP contribution in [-0.2, 0) is 4.79 Å². The van der Waals surface area contributed by atoms with Crippen molar-refractivity contribution in [1.29, 1.82) is 0 Å². The van der Waals surface area contributed by atoms with Crippen molar-refractivity contribution < 1.29 is 28.7 Å². The van der Waals surface area contributed by atoms with Crippen molar-refractivity contribution in [2.24, 2.45) is 5.10 Å². The van der Waals surface area contributed by atoms with Crippen LogP contribution in [0.1, 0.15) is 21.5 Å². The van der Waals surface area contributed by atoms with Crippen LogP contribution in [0, 0.1) is 17.0 Å². The van der Waals surface area contributed by atoms with Gasteiger partial charge in [-0.05, 0) is 66.6 Å². The zero-order chi connectivity index (χ0) is 25.4. The number of hydrogen-bond acceptors (Lipinski definition) is 8. The number of aryl methyl sites for hydroxylation is 1. The number of carbonyl (C=O) groups is 2. The Bertz CT molecular complexity index is 1280. The van der Waals surface area contributed by atoms with Gasteiger partial charge < -0.3 is 14.2 Å². The number of amides is 1. The maximum Gasteiger partial charge on any atom is 0.343 e. The second-order valence-electron chi connectivity index (χ2n) is 7.10. The molecule has 0 aliphatic carbocycles. The Hall–Kier alpha value is -4.44. The van der Waals surface area contributed by atoms with Crippen molar-refractivity contribution in [2.45, 2.75) is 6.92 Å². The standard InChI is InChI=1S/C24H20ClN3O7/c1-15-11-19(8-9-20(15)25)34-14-23(29)27-26-13-16-3-10-21(22(12-16)33-2)35-24(30)17-4-6-18(7-5-17)28(31)32/h3-13H,14H2,1-2H3,(H,27,29)/b26-13+. The lowest BCUT2D eigenvalue weighted by Crippen LogP contribution is -2.24. The summed E-state index contributed by atoms with van der Waals surface area (Å²) in [5, 5.41) is 15.2. The highest BCUT2D eigenvalue weighted by atomic mass is 35.5. The zero-order valence-corrected chi connectivity index (χ0v) is 19.4. The molecule has 0 aliphatic heterocycles. The average Bonchev–Trinajstić information content (AvgIpc) is 2.85. The van der Waals surface area contributed by atoms with Gasteiger partial charge in [0.25, 0.3) is 11.6 Å². The van der Waals surface area contributed by atoms with Gasteiger partial charge in [-0.25, -0.2) is 10.2 Å². The largest absolute Gasteiger partial charge is 0.493 e. The van der Waals surface area contributed by atoms with Gasteiger partial charge in [0.05, 0.1) is 23.8 Å². The molecule has 0 unspecified atom stereocenters. The minimum atomic E-state index is -0.706. The Morgan fingerprint density at radius 3 is 2.49 bits per heavy atom. The van der Waals surface area contributed by atoms with Gasteiger partial charge in [-0.2, -0.15) is 5.10 Å². The lowest BCUT2D eigenvalue weighted by atomic mass is 10.2. The third-order valence-electron chi connectivity index (χ3n) is 4.61. The lowest BCUT2D eigenvalue weighted by molar-refractivity contribution is -0.384. The summed E-state index contributed by atoms with van der Waals surface area (Å²) in [6, 6.07) is 14.7. The van der Waals surface area contributed by atoms with E-state index in [1.807, 2.05) is 6.92 Å². The summed E-state index contributed by atoms with van der Waals surface area (Å²) < 4.78 is 16.0. The monoisotopic (exact) mass is 497 g/mol. The second-order valence-corrected chi connectivity index (χ2v) is 7.50. The molecule has 11 heteroatoms. The molecule has 180 valence electrons. The molecule has 0 atom stereocenters. The second kappa shape index (κ2) is 11.6. The fraction of sp³-hybridized carbons (Fsp3) is 0.125. The van der Waals surface area contributed by atoms with Crippen molar-refractivity contribution in [2.75, 3.05) is 13.7 Å². The van der Waals surface area contributed by atoms with E-state index in [9.17, 15) is 19.7 Å². The fourth-order valence-electron chi connectivity index (χ4n) is 2.79. The summed E-state index contributed by atoms with van der Waals surface area (Å²) >= 11 is 5.96. The number of methoxy groups -OCH3 is 1. The first-order chi connectivity index (χ1) is 16.8. The topological polar surface area (TPSA) is 129 Å². The maximum absolute atomic E-state index is 12.4. The number of non-ortho nitro benzene ring substituents is 1. The van der Waals surface area contributed by atoms with E-state index in [1.165, 1.54) is 43.7 Å². The van der Waals surface area contributed by atoms with Gasteiger partial charge in [-0.1, -0.05) is 11.6 Å². The molecule has 3 rings (SSSR count). The summed E-state index contributed by atoms with van der Waals surface area (Å²) in [4.78, 5) is 34.5. The lowest BCUT2D eigenvalue weighted by Gasteiger charge is -2.10. The number of carbonyl (C=O) groups excluding carboxylic acids is 2. The summed E-state index contributed by atoms with van der Waals surface area (Å²) in [6.07, 6.45) is 1.38. The molecule has 3 aromatic rings. The van der Waals surface area contributed by atoms with Crippen molar-refractivity contribution in [3.8, 4) is 17.2 Å². The highest BCUT2D eigenvalue weighted by molar-refractivity contribution is 6.31. The number of esters is 1. The maximum atomic E-state index is 12.4. The van der Waals surface area contributed by atoms with E-state index in [1.54, 1.807) is 30.3 Å². The molecule has 0 radical (unpaired) electrons. The number of hydrogen-bond donors (Lipinski definition) is 1. The van der Waals surface area contributed by atoms with Crippen LogP contribution in [0.25, 0.3) is 0 Å². The van der Waals surface area contributed by atoms with Gasteiger partial charge in [0.2, 0.25) is 0 Å². The highest BCUT2D eigenvalue weighted by Gasteiger charge is 2.14. The molecular weight excluding hydrogens is 478 g/mol. The molecule has 1 amide bonds. The van der Waals surface area contributed by atoms with Gasteiger partial charge in [0.15, 0.2) is 18.1 Å².